The first-order chi connectivity index (χ1) is 6.09. The molecule has 0 spiro atoms. The van der Waals surface area contributed by atoms with E-state index < -0.39 is 12.3 Å². The monoisotopic (exact) mass is 192 g/mol. The van der Waals surface area contributed by atoms with Crippen molar-refractivity contribution in [1.29, 1.82) is 0 Å². The molecule has 4 nitrogen and oxygen atoms in total. The Labute approximate surface area is 72.2 Å². The van der Waals surface area contributed by atoms with Crippen molar-refractivity contribution in [3.63, 3.8) is 0 Å². The number of guanidine groups is 1. The zero-order valence-corrected chi connectivity index (χ0v) is 6.62. The summed E-state index contributed by atoms with van der Waals surface area (Å²) in [6.45, 7) is 0.867. The second-order valence-corrected chi connectivity index (χ2v) is 2.86. The van der Waals surface area contributed by atoms with E-state index in [1.165, 1.54) is 0 Å². The highest BCUT2D eigenvalue weighted by atomic mass is 19.4. The Morgan fingerprint density at radius 3 is 2.85 bits per heavy atom. The number of fused-ring (bicyclic) bond motifs is 1. The second-order valence-electron chi connectivity index (χ2n) is 2.86. The van der Waals surface area contributed by atoms with Gasteiger partial charge in [-0.2, -0.15) is 18.3 Å². The summed E-state index contributed by atoms with van der Waals surface area (Å²) in [6.07, 6.45) is -5.54. The Balaban J connectivity index is 2.22. The van der Waals surface area contributed by atoms with Gasteiger partial charge < -0.3 is 4.90 Å². The number of hydrogen-bond donors (Lipinski definition) is 0. The van der Waals surface area contributed by atoms with Crippen LogP contribution in [-0.2, 0) is 0 Å². The maximum atomic E-state index is 12.3. The third-order valence-electron chi connectivity index (χ3n) is 1.91. The third kappa shape index (κ3) is 1.38. The lowest BCUT2D eigenvalue weighted by Crippen LogP contribution is -2.45. The van der Waals surface area contributed by atoms with Gasteiger partial charge in [0.2, 0.25) is 12.1 Å². The average Bonchev–Trinajstić information content (AvgIpc) is 2.45. The highest BCUT2D eigenvalue weighted by Gasteiger charge is 2.48. The zero-order chi connectivity index (χ0) is 9.47. The molecule has 2 heterocycles. The van der Waals surface area contributed by atoms with E-state index >= 15 is 0 Å². The molecule has 0 aromatic heterocycles. The summed E-state index contributed by atoms with van der Waals surface area (Å²) in [7, 11) is 0. The van der Waals surface area contributed by atoms with Crippen LogP contribution in [0.1, 0.15) is 6.42 Å². The Morgan fingerprint density at radius 2 is 2.15 bits per heavy atom. The van der Waals surface area contributed by atoms with Crippen LogP contribution >= 0.6 is 0 Å². The van der Waals surface area contributed by atoms with Crippen molar-refractivity contribution in [3.05, 3.63) is 0 Å². The van der Waals surface area contributed by atoms with Crippen LogP contribution in [0.3, 0.4) is 0 Å². The molecule has 0 saturated carbocycles. The van der Waals surface area contributed by atoms with Gasteiger partial charge in [0.1, 0.15) is 0 Å². The van der Waals surface area contributed by atoms with Gasteiger partial charge in [0.25, 0.3) is 0 Å². The molecule has 0 bridgehead atoms. The van der Waals surface area contributed by atoms with E-state index in [-0.39, 0.29) is 5.96 Å². The third-order valence-corrected chi connectivity index (χ3v) is 1.91. The smallest absolute Gasteiger partial charge is 0.308 e. The fourth-order valence-electron chi connectivity index (χ4n) is 1.34. The summed E-state index contributed by atoms with van der Waals surface area (Å²) in [5.41, 5.74) is 0. The van der Waals surface area contributed by atoms with Crippen LogP contribution in [0.15, 0.2) is 15.2 Å². The summed E-state index contributed by atoms with van der Waals surface area (Å²) in [5, 5.41) is 6.53. The fraction of sp³-hybridized carbons (Fsp3) is 0.833. The Bertz CT molecular complexity index is 270. The van der Waals surface area contributed by atoms with Crippen LogP contribution < -0.4 is 0 Å². The maximum absolute atomic E-state index is 12.3. The summed E-state index contributed by atoms with van der Waals surface area (Å²) < 4.78 is 36.8. The predicted molar refractivity (Wildman–Crippen MR) is 38.3 cm³/mol. The van der Waals surface area contributed by atoms with Crippen LogP contribution in [0.2, 0.25) is 0 Å². The van der Waals surface area contributed by atoms with Gasteiger partial charge in [-0.3, -0.25) is 0 Å². The first kappa shape index (κ1) is 8.46. The van der Waals surface area contributed by atoms with Crippen LogP contribution in [0.5, 0.6) is 0 Å². The van der Waals surface area contributed by atoms with Crippen molar-refractivity contribution >= 4 is 5.96 Å². The van der Waals surface area contributed by atoms with Gasteiger partial charge in [0.15, 0.2) is 0 Å². The SMILES string of the molecule is FC(F)(F)C1N=NC2=NCCCN21. The summed E-state index contributed by atoms with van der Waals surface area (Å²) in [6, 6.07) is 0. The van der Waals surface area contributed by atoms with Crippen molar-refractivity contribution < 1.29 is 13.2 Å². The summed E-state index contributed by atoms with van der Waals surface area (Å²) in [4.78, 5) is 4.92. The van der Waals surface area contributed by atoms with Gasteiger partial charge in [-0.05, 0) is 6.42 Å². The van der Waals surface area contributed by atoms with Crippen LogP contribution in [0, 0.1) is 0 Å². The molecule has 1 atom stereocenters. The maximum Gasteiger partial charge on any atom is 0.431 e. The molecule has 2 aliphatic rings. The largest absolute Gasteiger partial charge is 0.431 e. The molecule has 0 aromatic carbocycles. The average molecular weight is 192 g/mol. The molecular weight excluding hydrogens is 185 g/mol. The Hall–Kier alpha value is -1.14. The Kier molecular flexibility index (Phi) is 1.74. The van der Waals surface area contributed by atoms with Gasteiger partial charge in [0, 0.05) is 13.1 Å². The lowest BCUT2D eigenvalue weighted by atomic mass is 10.3. The fourth-order valence-corrected chi connectivity index (χ4v) is 1.34. The minimum atomic E-state index is -4.35. The van der Waals surface area contributed by atoms with Crippen molar-refractivity contribution in [3.8, 4) is 0 Å². The van der Waals surface area contributed by atoms with E-state index in [1.807, 2.05) is 0 Å². The molecule has 0 amide bonds. The highest BCUT2D eigenvalue weighted by molar-refractivity contribution is 5.82. The zero-order valence-electron chi connectivity index (χ0n) is 6.62. The highest BCUT2D eigenvalue weighted by Crippen LogP contribution is 2.31. The van der Waals surface area contributed by atoms with Gasteiger partial charge in [0.05, 0.1) is 0 Å². The first-order valence-electron chi connectivity index (χ1n) is 3.88. The molecule has 0 aliphatic carbocycles. The van der Waals surface area contributed by atoms with Crippen molar-refractivity contribution in [2.24, 2.45) is 15.2 Å². The van der Waals surface area contributed by atoms with Crippen molar-refractivity contribution in [1.82, 2.24) is 4.90 Å². The molecule has 0 saturated heterocycles. The lowest BCUT2D eigenvalue weighted by molar-refractivity contribution is -0.170. The van der Waals surface area contributed by atoms with Gasteiger partial charge >= 0.3 is 6.18 Å². The number of aliphatic imine (C=N–C) groups is 1. The van der Waals surface area contributed by atoms with E-state index in [0.29, 0.717) is 19.5 Å². The molecular formula is C6H7F3N4. The van der Waals surface area contributed by atoms with Crippen LogP contribution in [0.4, 0.5) is 13.2 Å². The first-order valence-corrected chi connectivity index (χ1v) is 3.88. The van der Waals surface area contributed by atoms with Crippen LogP contribution in [-0.4, -0.2) is 36.3 Å². The van der Waals surface area contributed by atoms with E-state index in [9.17, 15) is 13.2 Å². The minimum absolute atomic E-state index is 0.119. The normalized spacial score (nSPS) is 27.5. The molecule has 0 aromatic rings. The van der Waals surface area contributed by atoms with Gasteiger partial charge in [-0.1, -0.05) is 0 Å². The number of rotatable bonds is 0. The number of nitrogens with zero attached hydrogens (tertiary/aromatic N) is 4. The molecule has 0 N–H and O–H groups in total. The Morgan fingerprint density at radius 1 is 1.38 bits per heavy atom. The predicted octanol–water partition coefficient (Wildman–Crippen LogP) is 1.40. The second kappa shape index (κ2) is 2.68. The molecule has 1 unspecified atom stereocenters. The molecule has 7 heteroatoms. The lowest BCUT2D eigenvalue weighted by Gasteiger charge is -2.26. The number of alkyl halides is 3. The van der Waals surface area contributed by atoms with E-state index in [4.69, 9.17) is 0 Å². The van der Waals surface area contributed by atoms with Crippen molar-refractivity contribution in [2.75, 3.05) is 13.1 Å². The molecule has 13 heavy (non-hydrogen) atoms. The quantitative estimate of drug-likeness (QED) is 0.571. The van der Waals surface area contributed by atoms with Crippen LogP contribution in [0.25, 0.3) is 0 Å². The van der Waals surface area contributed by atoms with E-state index in [0.717, 1.165) is 4.90 Å². The van der Waals surface area contributed by atoms with Crippen molar-refractivity contribution in [2.45, 2.75) is 18.8 Å². The standard InChI is InChI=1S/C6H7F3N4/c7-6(8,9)4-11-12-5-10-2-1-3-13(4)5/h4H,1-3H2. The van der Waals surface area contributed by atoms with E-state index in [1.54, 1.807) is 0 Å². The number of azo groups is 1. The number of halogens is 3. The molecule has 72 valence electrons. The molecule has 2 aliphatic heterocycles. The topological polar surface area (TPSA) is 40.3 Å². The summed E-state index contributed by atoms with van der Waals surface area (Å²) >= 11 is 0. The van der Waals surface area contributed by atoms with Gasteiger partial charge in [-0.15, -0.1) is 5.11 Å². The molecule has 0 fully saturated rings. The van der Waals surface area contributed by atoms with E-state index in [2.05, 4.69) is 15.2 Å². The minimum Gasteiger partial charge on any atom is -0.308 e. The summed E-state index contributed by atoms with van der Waals surface area (Å²) in [5.74, 6) is 0.119. The number of hydrogen-bond acceptors (Lipinski definition) is 4. The molecule has 0 radical (unpaired) electrons. The molecule has 2 rings (SSSR count). The van der Waals surface area contributed by atoms with Gasteiger partial charge in [-0.25, -0.2) is 4.99 Å².